The first-order valence-corrected chi connectivity index (χ1v) is 9.37. The number of carboxylic acid groups (broad SMARTS) is 1. The maximum atomic E-state index is 12.5. The number of ether oxygens (including phenoxy) is 1. The molecule has 0 fully saturated rings. The lowest BCUT2D eigenvalue weighted by Crippen LogP contribution is -2.14. The maximum absolute atomic E-state index is 12.5. The van der Waals surface area contributed by atoms with Gasteiger partial charge in [-0.1, -0.05) is 23.8 Å². The molecule has 0 atom stereocenters. The Morgan fingerprint density at radius 1 is 1.15 bits per heavy atom. The van der Waals surface area contributed by atoms with Gasteiger partial charge in [0.05, 0.1) is 7.11 Å². The standard InChI is InChI=1S/C20H23NO5S/c1-11-8-9-14(12(2)10-11)17-13(3)27-19(18(17)20(25)26-4)21-15(22)6-5-7-16(23)24/h8-10H,5-7H2,1-4H3,(H,21,22)(H,23,24). The SMILES string of the molecule is COC(=O)c1c(NC(=O)CCCC(=O)O)sc(C)c1-c1ccc(C)cc1C. The summed E-state index contributed by atoms with van der Waals surface area (Å²) < 4.78 is 4.95. The third kappa shape index (κ3) is 4.95. The number of carboxylic acids is 1. The van der Waals surface area contributed by atoms with Crippen LogP contribution in [0, 0.1) is 20.8 Å². The Morgan fingerprint density at radius 3 is 2.44 bits per heavy atom. The van der Waals surface area contributed by atoms with Gasteiger partial charge < -0.3 is 15.2 Å². The number of esters is 1. The highest BCUT2D eigenvalue weighted by atomic mass is 32.1. The van der Waals surface area contributed by atoms with Crippen molar-refractivity contribution in [2.24, 2.45) is 0 Å². The summed E-state index contributed by atoms with van der Waals surface area (Å²) in [6, 6.07) is 5.98. The third-order valence-corrected chi connectivity index (χ3v) is 5.19. The number of aliphatic carboxylic acids is 1. The van der Waals surface area contributed by atoms with Crippen LogP contribution in [0.4, 0.5) is 5.00 Å². The summed E-state index contributed by atoms with van der Waals surface area (Å²) in [5.41, 5.74) is 4.15. The number of methoxy groups -OCH3 is 1. The molecule has 0 spiro atoms. The smallest absolute Gasteiger partial charge is 0.341 e. The second-order valence-corrected chi connectivity index (χ2v) is 7.57. The lowest BCUT2D eigenvalue weighted by molar-refractivity contribution is -0.137. The molecule has 0 aliphatic heterocycles. The van der Waals surface area contributed by atoms with Crippen molar-refractivity contribution in [3.05, 3.63) is 39.8 Å². The van der Waals surface area contributed by atoms with E-state index in [0.717, 1.165) is 27.1 Å². The Balaban J connectivity index is 2.40. The molecule has 0 aliphatic carbocycles. The Morgan fingerprint density at radius 2 is 1.85 bits per heavy atom. The van der Waals surface area contributed by atoms with Crippen LogP contribution in [-0.4, -0.2) is 30.1 Å². The molecule has 0 saturated heterocycles. The number of carbonyl (C=O) groups excluding carboxylic acids is 2. The van der Waals surface area contributed by atoms with Crippen molar-refractivity contribution in [1.29, 1.82) is 0 Å². The number of aryl methyl sites for hydroxylation is 3. The zero-order valence-electron chi connectivity index (χ0n) is 15.8. The molecule has 1 amide bonds. The Labute approximate surface area is 162 Å². The maximum Gasteiger partial charge on any atom is 0.341 e. The largest absolute Gasteiger partial charge is 0.481 e. The minimum Gasteiger partial charge on any atom is -0.481 e. The van der Waals surface area contributed by atoms with Crippen molar-refractivity contribution in [3.8, 4) is 11.1 Å². The molecular weight excluding hydrogens is 366 g/mol. The third-order valence-electron chi connectivity index (χ3n) is 4.17. The number of benzene rings is 1. The fraction of sp³-hybridized carbons (Fsp3) is 0.350. The van der Waals surface area contributed by atoms with Crippen molar-refractivity contribution in [3.63, 3.8) is 0 Å². The van der Waals surface area contributed by atoms with Gasteiger partial charge in [-0.15, -0.1) is 11.3 Å². The molecule has 27 heavy (non-hydrogen) atoms. The van der Waals surface area contributed by atoms with Crippen molar-refractivity contribution in [1.82, 2.24) is 0 Å². The molecule has 1 aromatic heterocycles. The van der Waals surface area contributed by atoms with Crippen molar-refractivity contribution in [2.45, 2.75) is 40.0 Å². The van der Waals surface area contributed by atoms with Gasteiger partial charge in [0.25, 0.3) is 0 Å². The van der Waals surface area contributed by atoms with Gasteiger partial charge in [-0.05, 0) is 38.3 Å². The van der Waals surface area contributed by atoms with E-state index in [1.165, 1.54) is 18.4 Å². The van der Waals surface area contributed by atoms with Crippen LogP contribution in [0.25, 0.3) is 11.1 Å². The van der Waals surface area contributed by atoms with Crippen molar-refractivity contribution >= 4 is 34.2 Å². The van der Waals surface area contributed by atoms with E-state index in [2.05, 4.69) is 5.32 Å². The second kappa shape index (κ2) is 8.81. The summed E-state index contributed by atoms with van der Waals surface area (Å²) in [6.45, 7) is 5.87. The molecule has 144 valence electrons. The molecule has 0 bridgehead atoms. The van der Waals surface area contributed by atoms with Crippen molar-refractivity contribution < 1.29 is 24.2 Å². The van der Waals surface area contributed by atoms with E-state index in [9.17, 15) is 14.4 Å². The number of thiophene rings is 1. The number of hydrogen-bond donors (Lipinski definition) is 2. The minimum absolute atomic E-state index is 0.0722. The van der Waals surface area contributed by atoms with E-state index in [4.69, 9.17) is 9.84 Å². The number of rotatable bonds is 7. The lowest BCUT2D eigenvalue weighted by Gasteiger charge is -2.11. The van der Waals surface area contributed by atoms with Crippen molar-refractivity contribution in [2.75, 3.05) is 12.4 Å². The molecule has 1 heterocycles. The van der Waals surface area contributed by atoms with E-state index >= 15 is 0 Å². The lowest BCUT2D eigenvalue weighted by atomic mass is 9.96. The summed E-state index contributed by atoms with van der Waals surface area (Å²) in [5, 5.41) is 11.9. The van der Waals surface area contributed by atoms with Crippen LogP contribution in [0.3, 0.4) is 0 Å². The van der Waals surface area contributed by atoms with E-state index in [1.807, 2.05) is 39.0 Å². The average Bonchev–Trinajstić information content (AvgIpc) is 2.89. The van der Waals surface area contributed by atoms with Crippen LogP contribution in [0.15, 0.2) is 18.2 Å². The fourth-order valence-electron chi connectivity index (χ4n) is 2.94. The van der Waals surface area contributed by atoms with Crippen LogP contribution in [0.1, 0.15) is 45.6 Å². The monoisotopic (exact) mass is 389 g/mol. The fourth-order valence-corrected chi connectivity index (χ4v) is 4.01. The molecule has 0 radical (unpaired) electrons. The first-order chi connectivity index (χ1) is 12.7. The van der Waals surface area contributed by atoms with E-state index in [1.54, 1.807) is 0 Å². The zero-order chi connectivity index (χ0) is 20.1. The molecule has 6 nitrogen and oxygen atoms in total. The predicted octanol–water partition coefficient (Wildman–Crippen LogP) is 4.32. The number of anilines is 1. The van der Waals surface area contributed by atoms with Gasteiger partial charge in [0, 0.05) is 23.3 Å². The molecule has 0 aliphatic rings. The molecule has 0 unspecified atom stereocenters. The Bertz CT molecular complexity index is 885. The van der Waals surface area contributed by atoms with Gasteiger partial charge in [0.1, 0.15) is 10.6 Å². The first-order valence-electron chi connectivity index (χ1n) is 8.55. The van der Waals surface area contributed by atoms with Crippen LogP contribution < -0.4 is 5.32 Å². The molecule has 2 rings (SSSR count). The second-order valence-electron chi connectivity index (χ2n) is 6.34. The number of nitrogens with one attached hydrogen (secondary N) is 1. The molecule has 1 aromatic carbocycles. The highest BCUT2D eigenvalue weighted by molar-refractivity contribution is 7.17. The topological polar surface area (TPSA) is 92.7 Å². The average molecular weight is 389 g/mol. The van der Waals surface area contributed by atoms with Gasteiger partial charge in [0.15, 0.2) is 0 Å². The highest BCUT2D eigenvalue weighted by Crippen LogP contribution is 2.41. The molecular formula is C20H23NO5S. The summed E-state index contributed by atoms with van der Waals surface area (Å²) >= 11 is 1.31. The summed E-state index contributed by atoms with van der Waals surface area (Å²) in [6.07, 6.45) is 0.236. The number of hydrogen-bond acceptors (Lipinski definition) is 5. The van der Waals surface area contributed by atoms with Crippen LogP contribution in [-0.2, 0) is 14.3 Å². The van der Waals surface area contributed by atoms with Crippen LogP contribution >= 0.6 is 11.3 Å². The predicted molar refractivity (Wildman–Crippen MR) is 105 cm³/mol. The first kappa shape index (κ1) is 20.6. The number of carbonyl (C=O) groups is 3. The Hall–Kier alpha value is -2.67. The highest BCUT2D eigenvalue weighted by Gasteiger charge is 2.25. The zero-order valence-corrected chi connectivity index (χ0v) is 16.7. The number of amides is 1. The quantitative estimate of drug-likeness (QED) is 0.688. The summed E-state index contributed by atoms with van der Waals surface area (Å²) in [7, 11) is 1.31. The van der Waals surface area contributed by atoms with E-state index in [0.29, 0.717) is 10.6 Å². The summed E-state index contributed by atoms with van der Waals surface area (Å²) in [5.74, 6) is -1.79. The van der Waals surface area contributed by atoms with Gasteiger partial charge in [-0.2, -0.15) is 0 Å². The van der Waals surface area contributed by atoms with Gasteiger partial charge in [-0.25, -0.2) is 4.79 Å². The molecule has 2 N–H and O–H groups in total. The van der Waals surface area contributed by atoms with E-state index in [-0.39, 0.29) is 25.2 Å². The molecule has 0 saturated carbocycles. The Kier molecular flexibility index (Phi) is 6.74. The van der Waals surface area contributed by atoms with E-state index < -0.39 is 11.9 Å². The minimum atomic E-state index is -0.942. The van der Waals surface area contributed by atoms with Gasteiger partial charge in [0.2, 0.25) is 5.91 Å². The summed E-state index contributed by atoms with van der Waals surface area (Å²) in [4.78, 5) is 36.1. The van der Waals surface area contributed by atoms with Crippen LogP contribution in [0.2, 0.25) is 0 Å². The molecule has 2 aromatic rings. The van der Waals surface area contributed by atoms with Crippen LogP contribution in [0.5, 0.6) is 0 Å². The molecule has 7 heteroatoms. The van der Waals surface area contributed by atoms with Gasteiger partial charge >= 0.3 is 11.9 Å². The normalized spacial score (nSPS) is 10.5. The van der Waals surface area contributed by atoms with Gasteiger partial charge in [-0.3, -0.25) is 9.59 Å².